The lowest BCUT2D eigenvalue weighted by Crippen LogP contribution is -2.05. The van der Waals surface area contributed by atoms with Crippen molar-refractivity contribution in [2.45, 2.75) is 27.7 Å². The van der Waals surface area contributed by atoms with Crippen LogP contribution in [0.1, 0.15) is 37.1 Å². The molecule has 2 aromatic rings. The summed E-state index contributed by atoms with van der Waals surface area (Å²) in [5, 5.41) is 0.906. The molecule has 4 heteroatoms. The van der Waals surface area contributed by atoms with E-state index in [0.717, 1.165) is 21.8 Å². The Hall–Kier alpha value is -1.68. The largest absolute Gasteiger partial charge is 0.496 e. The summed E-state index contributed by atoms with van der Waals surface area (Å²) in [5.74, 6) is 0.651. The molecule has 0 amide bonds. The number of carbonyl (C=O) groups excluding carboxylic acids is 1. The number of hydrogen-bond donors (Lipinski definition) is 0. The number of rotatable bonds is 3. The predicted molar refractivity (Wildman–Crippen MR) is 77.5 cm³/mol. The maximum atomic E-state index is 12.6. The number of ether oxygens (including phenoxy) is 1. The van der Waals surface area contributed by atoms with Crippen LogP contribution in [0.2, 0.25) is 0 Å². The van der Waals surface area contributed by atoms with Gasteiger partial charge in [0.2, 0.25) is 5.78 Å². The van der Waals surface area contributed by atoms with Gasteiger partial charge in [-0.25, -0.2) is 4.98 Å². The SMILES string of the molecule is COc1c(C(=O)c2sc(C)nc2C)ccc(C)c1C. The summed E-state index contributed by atoms with van der Waals surface area (Å²) < 4.78 is 5.41. The fourth-order valence-corrected chi connectivity index (χ4v) is 2.97. The lowest BCUT2D eigenvalue weighted by Gasteiger charge is -2.12. The second-order valence-corrected chi connectivity index (χ2v) is 5.77. The van der Waals surface area contributed by atoms with Crippen LogP contribution in [0.4, 0.5) is 0 Å². The summed E-state index contributed by atoms with van der Waals surface area (Å²) in [5.41, 5.74) is 3.52. The first-order valence-corrected chi connectivity index (χ1v) is 6.90. The van der Waals surface area contributed by atoms with Crippen LogP contribution >= 0.6 is 11.3 Å². The summed E-state index contributed by atoms with van der Waals surface area (Å²) in [6.45, 7) is 7.75. The van der Waals surface area contributed by atoms with Gasteiger partial charge in [-0.1, -0.05) is 6.07 Å². The van der Waals surface area contributed by atoms with Crippen molar-refractivity contribution in [1.29, 1.82) is 0 Å². The zero-order chi connectivity index (χ0) is 14.2. The van der Waals surface area contributed by atoms with Gasteiger partial charge in [0.15, 0.2) is 0 Å². The third-order valence-corrected chi connectivity index (χ3v) is 4.31. The van der Waals surface area contributed by atoms with Crippen molar-refractivity contribution in [2.24, 2.45) is 0 Å². The van der Waals surface area contributed by atoms with E-state index in [1.165, 1.54) is 11.3 Å². The van der Waals surface area contributed by atoms with Gasteiger partial charge in [-0.05, 0) is 44.9 Å². The highest BCUT2D eigenvalue weighted by Gasteiger charge is 2.21. The van der Waals surface area contributed by atoms with Gasteiger partial charge in [0.1, 0.15) is 5.75 Å². The van der Waals surface area contributed by atoms with Crippen LogP contribution in [0.25, 0.3) is 0 Å². The number of aromatic nitrogens is 1. The Labute approximate surface area is 117 Å². The van der Waals surface area contributed by atoms with Crippen LogP contribution in [0.15, 0.2) is 12.1 Å². The number of nitrogens with zero attached hydrogens (tertiary/aromatic N) is 1. The molecular weight excluding hydrogens is 258 g/mol. The Bertz CT molecular complexity index is 644. The molecule has 0 unspecified atom stereocenters. The van der Waals surface area contributed by atoms with E-state index in [4.69, 9.17) is 4.74 Å². The zero-order valence-corrected chi connectivity index (χ0v) is 12.6. The van der Waals surface area contributed by atoms with Crippen LogP contribution in [0, 0.1) is 27.7 Å². The summed E-state index contributed by atoms with van der Waals surface area (Å²) in [6, 6.07) is 3.78. The number of aryl methyl sites for hydroxylation is 3. The first-order chi connectivity index (χ1) is 8.95. The van der Waals surface area contributed by atoms with Crippen LogP contribution in [-0.4, -0.2) is 17.9 Å². The number of benzene rings is 1. The lowest BCUT2D eigenvalue weighted by molar-refractivity contribution is 0.103. The standard InChI is InChI=1S/C15H17NO2S/c1-8-6-7-12(14(18-5)9(8)2)13(17)15-10(3)16-11(4)19-15/h6-7H,1-5H3. The molecule has 100 valence electrons. The third-order valence-electron chi connectivity index (χ3n) is 3.24. The van der Waals surface area contributed by atoms with E-state index in [0.29, 0.717) is 16.2 Å². The van der Waals surface area contributed by atoms with Gasteiger partial charge in [0, 0.05) is 0 Å². The average molecular weight is 275 g/mol. The number of ketones is 1. The van der Waals surface area contributed by atoms with Crippen molar-refractivity contribution in [3.63, 3.8) is 0 Å². The van der Waals surface area contributed by atoms with Gasteiger partial charge < -0.3 is 4.74 Å². The fourth-order valence-electron chi connectivity index (χ4n) is 2.10. The average Bonchev–Trinajstić information content (AvgIpc) is 2.71. The summed E-state index contributed by atoms with van der Waals surface area (Å²) in [7, 11) is 1.60. The number of methoxy groups -OCH3 is 1. The normalized spacial score (nSPS) is 10.6. The molecule has 19 heavy (non-hydrogen) atoms. The lowest BCUT2D eigenvalue weighted by atomic mass is 10.0. The molecule has 0 radical (unpaired) electrons. The van der Waals surface area contributed by atoms with E-state index in [-0.39, 0.29) is 5.78 Å². The molecule has 0 spiro atoms. The van der Waals surface area contributed by atoms with E-state index in [1.807, 2.05) is 39.8 Å². The molecule has 3 nitrogen and oxygen atoms in total. The van der Waals surface area contributed by atoms with Gasteiger partial charge >= 0.3 is 0 Å². The van der Waals surface area contributed by atoms with Crippen molar-refractivity contribution in [3.05, 3.63) is 44.4 Å². The molecule has 0 aliphatic heterocycles. The molecule has 2 rings (SSSR count). The van der Waals surface area contributed by atoms with E-state index in [2.05, 4.69) is 4.98 Å². The maximum absolute atomic E-state index is 12.6. The van der Waals surface area contributed by atoms with Gasteiger partial charge in [0.05, 0.1) is 28.3 Å². The topological polar surface area (TPSA) is 39.2 Å². The maximum Gasteiger partial charge on any atom is 0.208 e. The molecule has 0 aliphatic rings. The Morgan fingerprint density at radius 1 is 1.21 bits per heavy atom. The minimum Gasteiger partial charge on any atom is -0.496 e. The minimum atomic E-state index is -0.0111. The van der Waals surface area contributed by atoms with Crippen molar-refractivity contribution in [2.75, 3.05) is 7.11 Å². The van der Waals surface area contributed by atoms with Crippen molar-refractivity contribution in [3.8, 4) is 5.75 Å². The molecule has 0 N–H and O–H groups in total. The quantitative estimate of drug-likeness (QED) is 0.803. The minimum absolute atomic E-state index is 0.0111. The molecule has 1 aromatic heterocycles. The first kappa shape index (κ1) is 13.7. The second kappa shape index (κ2) is 5.13. The molecule has 0 saturated carbocycles. The predicted octanol–water partition coefficient (Wildman–Crippen LogP) is 3.62. The molecule has 1 heterocycles. The Balaban J connectivity index is 2.56. The van der Waals surface area contributed by atoms with Gasteiger partial charge in [0.25, 0.3) is 0 Å². The summed E-state index contributed by atoms with van der Waals surface area (Å²) in [4.78, 5) is 17.6. The van der Waals surface area contributed by atoms with E-state index in [1.54, 1.807) is 7.11 Å². The van der Waals surface area contributed by atoms with Crippen LogP contribution < -0.4 is 4.74 Å². The molecule has 0 atom stereocenters. The smallest absolute Gasteiger partial charge is 0.208 e. The monoisotopic (exact) mass is 275 g/mol. The van der Waals surface area contributed by atoms with Crippen molar-refractivity contribution >= 4 is 17.1 Å². The van der Waals surface area contributed by atoms with Crippen LogP contribution in [0.5, 0.6) is 5.75 Å². The van der Waals surface area contributed by atoms with E-state index in [9.17, 15) is 4.79 Å². The number of thiazole rings is 1. The first-order valence-electron chi connectivity index (χ1n) is 6.08. The molecule has 0 bridgehead atoms. The van der Waals surface area contributed by atoms with Gasteiger partial charge in [-0.15, -0.1) is 11.3 Å². The number of hydrogen-bond acceptors (Lipinski definition) is 4. The van der Waals surface area contributed by atoms with Crippen molar-refractivity contribution < 1.29 is 9.53 Å². The Morgan fingerprint density at radius 2 is 1.89 bits per heavy atom. The van der Waals surface area contributed by atoms with E-state index < -0.39 is 0 Å². The molecule has 0 aliphatic carbocycles. The Morgan fingerprint density at radius 3 is 2.42 bits per heavy atom. The molecule has 0 fully saturated rings. The third kappa shape index (κ3) is 2.40. The summed E-state index contributed by atoms with van der Waals surface area (Å²) >= 11 is 1.43. The molecule has 1 aromatic carbocycles. The van der Waals surface area contributed by atoms with Gasteiger partial charge in [-0.2, -0.15) is 0 Å². The van der Waals surface area contributed by atoms with Gasteiger partial charge in [-0.3, -0.25) is 4.79 Å². The fraction of sp³-hybridized carbons (Fsp3) is 0.333. The Kier molecular flexibility index (Phi) is 3.71. The zero-order valence-electron chi connectivity index (χ0n) is 11.8. The molecular formula is C15H17NO2S. The second-order valence-electron chi connectivity index (χ2n) is 4.56. The number of carbonyl (C=O) groups is 1. The van der Waals surface area contributed by atoms with Crippen LogP contribution in [-0.2, 0) is 0 Å². The summed E-state index contributed by atoms with van der Waals surface area (Å²) in [6.07, 6.45) is 0. The highest BCUT2D eigenvalue weighted by atomic mass is 32.1. The van der Waals surface area contributed by atoms with Crippen LogP contribution in [0.3, 0.4) is 0 Å². The highest BCUT2D eigenvalue weighted by Crippen LogP contribution is 2.30. The highest BCUT2D eigenvalue weighted by molar-refractivity contribution is 7.14. The van der Waals surface area contributed by atoms with E-state index >= 15 is 0 Å². The molecule has 0 saturated heterocycles. The van der Waals surface area contributed by atoms with Crippen molar-refractivity contribution in [1.82, 2.24) is 4.98 Å².